The van der Waals surface area contributed by atoms with Crippen molar-refractivity contribution in [3.8, 4) is 5.75 Å². The number of carboxylic acid groups (broad SMARTS) is 1. The molecule has 0 amide bonds. The maximum absolute atomic E-state index is 11.5. The van der Waals surface area contributed by atoms with Crippen LogP contribution in [-0.4, -0.2) is 30.3 Å². The molecule has 0 fully saturated rings. The Bertz CT molecular complexity index is 536. The van der Waals surface area contributed by atoms with Gasteiger partial charge in [-0.15, -0.1) is 0 Å². The molecule has 6 heteroatoms. The first kappa shape index (κ1) is 18.5. The van der Waals surface area contributed by atoms with Crippen molar-refractivity contribution in [3.63, 3.8) is 0 Å². The SMILES string of the molecule is CCCCCOc1ccc(NC=C(C(=O)O)C(=O)OCC)cc1. The van der Waals surface area contributed by atoms with Gasteiger partial charge in [0.1, 0.15) is 5.75 Å². The molecule has 0 radical (unpaired) electrons. The minimum atomic E-state index is -1.34. The fourth-order valence-electron chi connectivity index (χ4n) is 1.76. The fraction of sp³-hybridized carbons (Fsp3) is 0.412. The molecular weight excluding hydrogens is 298 g/mol. The quantitative estimate of drug-likeness (QED) is 0.226. The molecule has 23 heavy (non-hydrogen) atoms. The second kappa shape index (κ2) is 10.3. The summed E-state index contributed by atoms with van der Waals surface area (Å²) in [5.41, 5.74) is 0.195. The number of unbranched alkanes of at least 4 members (excludes halogenated alkanes) is 2. The van der Waals surface area contributed by atoms with Crippen LogP contribution in [0.1, 0.15) is 33.1 Å². The molecule has 0 bridgehead atoms. The zero-order valence-corrected chi connectivity index (χ0v) is 13.5. The lowest BCUT2D eigenvalue weighted by Crippen LogP contribution is -2.16. The van der Waals surface area contributed by atoms with E-state index in [0.717, 1.165) is 31.2 Å². The van der Waals surface area contributed by atoms with Crippen molar-refractivity contribution in [2.45, 2.75) is 33.1 Å². The van der Waals surface area contributed by atoms with Crippen molar-refractivity contribution in [3.05, 3.63) is 36.0 Å². The highest BCUT2D eigenvalue weighted by Gasteiger charge is 2.18. The summed E-state index contributed by atoms with van der Waals surface area (Å²) < 4.78 is 10.3. The number of carboxylic acids is 1. The van der Waals surface area contributed by atoms with Crippen molar-refractivity contribution < 1.29 is 24.2 Å². The number of carbonyl (C=O) groups excluding carboxylic acids is 1. The number of hydrogen-bond donors (Lipinski definition) is 2. The predicted octanol–water partition coefficient (Wildman–Crippen LogP) is 3.20. The summed E-state index contributed by atoms with van der Waals surface area (Å²) in [7, 11) is 0. The van der Waals surface area contributed by atoms with E-state index in [1.165, 1.54) is 0 Å². The van der Waals surface area contributed by atoms with Crippen LogP contribution < -0.4 is 10.1 Å². The first-order valence-corrected chi connectivity index (χ1v) is 7.68. The van der Waals surface area contributed by atoms with Crippen LogP contribution in [0.3, 0.4) is 0 Å². The van der Waals surface area contributed by atoms with Crippen molar-refractivity contribution in [2.75, 3.05) is 18.5 Å². The van der Waals surface area contributed by atoms with Crippen molar-refractivity contribution in [1.29, 1.82) is 0 Å². The van der Waals surface area contributed by atoms with E-state index in [1.807, 2.05) is 0 Å². The van der Waals surface area contributed by atoms with Crippen LogP contribution in [0.5, 0.6) is 5.75 Å². The summed E-state index contributed by atoms with van der Waals surface area (Å²) >= 11 is 0. The molecule has 0 unspecified atom stereocenters. The highest BCUT2D eigenvalue weighted by molar-refractivity contribution is 6.13. The average molecular weight is 321 g/mol. The Morgan fingerprint density at radius 1 is 1.17 bits per heavy atom. The zero-order valence-electron chi connectivity index (χ0n) is 13.5. The fourth-order valence-corrected chi connectivity index (χ4v) is 1.76. The largest absolute Gasteiger partial charge is 0.494 e. The Morgan fingerprint density at radius 2 is 1.87 bits per heavy atom. The number of ether oxygens (including phenoxy) is 2. The minimum Gasteiger partial charge on any atom is -0.494 e. The van der Waals surface area contributed by atoms with E-state index in [2.05, 4.69) is 17.0 Å². The lowest BCUT2D eigenvalue weighted by atomic mass is 10.2. The summed E-state index contributed by atoms with van der Waals surface area (Å²) in [6, 6.07) is 7.06. The van der Waals surface area contributed by atoms with E-state index in [9.17, 15) is 9.59 Å². The highest BCUT2D eigenvalue weighted by atomic mass is 16.5. The Morgan fingerprint density at radius 3 is 2.43 bits per heavy atom. The number of benzene rings is 1. The molecule has 0 atom stereocenters. The maximum Gasteiger partial charge on any atom is 0.347 e. The molecule has 0 heterocycles. The lowest BCUT2D eigenvalue weighted by Gasteiger charge is -2.07. The van der Waals surface area contributed by atoms with Gasteiger partial charge in [-0.3, -0.25) is 0 Å². The van der Waals surface area contributed by atoms with Gasteiger partial charge in [0.25, 0.3) is 0 Å². The smallest absolute Gasteiger partial charge is 0.347 e. The number of nitrogens with one attached hydrogen (secondary N) is 1. The van der Waals surface area contributed by atoms with Gasteiger partial charge >= 0.3 is 11.9 Å². The van der Waals surface area contributed by atoms with Crippen molar-refractivity contribution in [1.82, 2.24) is 0 Å². The number of rotatable bonds is 10. The van der Waals surface area contributed by atoms with Crippen LogP contribution in [0.4, 0.5) is 5.69 Å². The van der Waals surface area contributed by atoms with Crippen LogP contribution in [0.15, 0.2) is 36.0 Å². The van der Waals surface area contributed by atoms with Gasteiger partial charge in [-0.1, -0.05) is 19.8 Å². The molecule has 0 aliphatic carbocycles. The molecule has 1 rings (SSSR count). The molecule has 6 nitrogen and oxygen atoms in total. The molecule has 1 aromatic carbocycles. The zero-order chi connectivity index (χ0) is 17.1. The topological polar surface area (TPSA) is 84.9 Å². The van der Waals surface area contributed by atoms with E-state index >= 15 is 0 Å². The van der Waals surface area contributed by atoms with Gasteiger partial charge in [0, 0.05) is 11.9 Å². The Hall–Kier alpha value is -2.50. The normalized spacial score (nSPS) is 11.0. The second-order valence-corrected chi connectivity index (χ2v) is 4.81. The lowest BCUT2D eigenvalue weighted by molar-refractivity contribution is -0.143. The standard InChI is InChI=1S/C17H23NO5/c1-3-5-6-11-23-14-9-7-13(8-10-14)18-12-15(16(19)20)17(21)22-4-2/h7-10,12,18H,3-6,11H2,1-2H3,(H,19,20). The van der Waals surface area contributed by atoms with Crippen LogP contribution in [0, 0.1) is 0 Å². The molecule has 0 aliphatic heterocycles. The molecule has 1 aromatic rings. The van der Waals surface area contributed by atoms with E-state index in [-0.39, 0.29) is 6.61 Å². The number of anilines is 1. The first-order valence-electron chi connectivity index (χ1n) is 7.68. The monoisotopic (exact) mass is 321 g/mol. The Kier molecular flexibility index (Phi) is 8.28. The third-order valence-electron chi connectivity index (χ3n) is 2.98. The van der Waals surface area contributed by atoms with Gasteiger partial charge in [-0.2, -0.15) is 0 Å². The first-order chi connectivity index (χ1) is 11.1. The van der Waals surface area contributed by atoms with Gasteiger partial charge in [0.15, 0.2) is 5.57 Å². The number of carbonyl (C=O) groups is 2. The van der Waals surface area contributed by atoms with Crippen molar-refractivity contribution in [2.24, 2.45) is 0 Å². The Balaban J connectivity index is 2.60. The molecule has 2 N–H and O–H groups in total. The summed E-state index contributed by atoms with van der Waals surface area (Å²) in [6.45, 7) is 4.54. The summed E-state index contributed by atoms with van der Waals surface area (Å²) in [5, 5.41) is 11.8. The van der Waals surface area contributed by atoms with Gasteiger partial charge < -0.3 is 19.9 Å². The molecular formula is C17H23NO5. The third-order valence-corrected chi connectivity index (χ3v) is 2.98. The van der Waals surface area contributed by atoms with Gasteiger partial charge in [-0.25, -0.2) is 9.59 Å². The minimum absolute atomic E-state index is 0.119. The van der Waals surface area contributed by atoms with Crippen LogP contribution >= 0.6 is 0 Å². The van der Waals surface area contributed by atoms with E-state index < -0.39 is 17.5 Å². The van der Waals surface area contributed by atoms with Gasteiger partial charge in [0.05, 0.1) is 13.2 Å². The molecule has 0 saturated heterocycles. The second-order valence-electron chi connectivity index (χ2n) is 4.81. The van der Waals surface area contributed by atoms with Crippen molar-refractivity contribution >= 4 is 17.6 Å². The molecule has 0 saturated carbocycles. The summed E-state index contributed by atoms with van der Waals surface area (Å²) in [4.78, 5) is 22.5. The van der Waals surface area contributed by atoms with Crippen LogP contribution in [0.25, 0.3) is 0 Å². The van der Waals surface area contributed by atoms with Gasteiger partial charge in [0.2, 0.25) is 0 Å². The predicted molar refractivity (Wildman–Crippen MR) is 87.4 cm³/mol. The van der Waals surface area contributed by atoms with E-state index in [0.29, 0.717) is 12.3 Å². The van der Waals surface area contributed by atoms with E-state index in [1.54, 1.807) is 31.2 Å². The molecule has 0 aromatic heterocycles. The van der Waals surface area contributed by atoms with Gasteiger partial charge in [-0.05, 0) is 37.6 Å². The average Bonchev–Trinajstić information content (AvgIpc) is 2.53. The van der Waals surface area contributed by atoms with Crippen LogP contribution in [-0.2, 0) is 14.3 Å². The van der Waals surface area contributed by atoms with Crippen LogP contribution in [0.2, 0.25) is 0 Å². The molecule has 0 spiro atoms. The third kappa shape index (κ3) is 6.86. The number of hydrogen-bond acceptors (Lipinski definition) is 5. The Labute approximate surface area is 136 Å². The highest BCUT2D eigenvalue weighted by Crippen LogP contribution is 2.16. The number of aliphatic carboxylic acids is 1. The molecule has 0 aliphatic rings. The molecule has 126 valence electrons. The summed E-state index contributed by atoms with van der Waals surface area (Å²) in [5.74, 6) is -1.46. The summed E-state index contributed by atoms with van der Waals surface area (Å²) in [6.07, 6.45) is 4.42. The van der Waals surface area contributed by atoms with E-state index in [4.69, 9.17) is 9.84 Å². The maximum atomic E-state index is 11.5. The number of esters is 1.